The van der Waals surface area contributed by atoms with Crippen molar-refractivity contribution in [2.75, 3.05) is 19.8 Å². The summed E-state index contributed by atoms with van der Waals surface area (Å²) in [5.74, 6) is -0.797. The third kappa shape index (κ3) is 28.8. The van der Waals surface area contributed by atoms with Gasteiger partial charge in [0.1, 0.15) is 31.0 Å². The van der Waals surface area contributed by atoms with Gasteiger partial charge >= 0.3 is 11.9 Å². The van der Waals surface area contributed by atoms with Crippen molar-refractivity contribution >= 4 is 11.9 Å². The lowest BCUT2D eigenvalue weighted by Crippen LogP contribution is -2.59. The van der Waals surface area contributed by atoms with Gasteiger partial charge in [-0.05, 0) is 25.7 Å². The van der Waals surface area contributed by atoms with Crippen LogP contribution in [-0.4, -0.2) is 89.0 Å². The van der Waals surface area contributed by atoms with E-state index in [2.05, 4.69) is 13.5 Å². The van der Waals surface area contributed by atoms with E-state index in [0.29, 0.717) is 6.42 Å². The Morgan fingerprint density at radius 3 is 1.41 bits per heavy atom. The van der Waals surface area contributed by atoms with Crippen LogP contribution >= 0.6 is 0 Å². The van der Waals surface area contributed by atoms with E-state index in [-0.39, 0.29) is 32.0 Å². The van der Waals surface area contributed by atoms with E-state index in [0.717, 1.165) is 44.9 Å². The van der Waals surface area contributed by atoms with Crippen molar-refractivity contribution in [3.05, 3.63) is 12.7 Å². The Morgan fingerprint density at radius 2 is 0.982 bits per heavy atom. The fraction of sp³-hybridized carbons (Fsp3) is 0.913. The number of rotatable bonds is 40. The van der Waals surface area contributed by atoms with E-state index in [1.54, 1.807) is 0 Å². The maximum atomic E-state index is 12.8. The van der Waals surface area contributed by atoms with Gasteiger partial charge in [-0.15, -0.1) is 6.58 Å². The maximum absolute atomic E-state index is 12.8. The maximum Gasteiger partial charge on any atom is 0.306 e. The van der Waals surface area contributed by atoms with E-state index in [1.165, 1.54) is 141 Å². The standard InChI is InChI=1S/C46H86O10/c1-3-5-7-9-11-13-15-17-19-21-22-24-26-28-30-32-34-41(48)53-37-39(38-54-46-45(52)44(51)43(50)40(36-47)56-46)55-42(49)35-33-31-29-27-25-23-20-18-16-14-12-10-8-6-4-2/h4,39-40,43-47,50-52H,2-3,5-38H2,1H3/t39-,40-,43+,44?,45?,46-/m0/s1. The summed E-state index contributed by atoms with van der Waals surface area (Å²) in [7, 11) is 0. The Hall–Kier alpha value is -1.56. The Labute approximate surface area is 341 Å². The molecule has 0 spiro atoms. The monoisotopic (exact) mass is 799 g/mol. The number of aliphatic hydroxyl groups is 4. The Balaban J connectivity index is 2.29. The van der Waals surface area contributed by atoms with Crippen molar-refractivity contribution in [3.8, 4) is 0 Å². The summed E-state index contributed by atoms with van der Waals surface area (Å²) < 4.78 is 22.2. The van der Waals surface area contributed by atoms with E-state index >= 15 is 0 Å². The van der Waals surface area contributed by atoms with Gasteiger partial charge < -0.3 is 39.4 Å². The predicted octanol–water partition coefficient (Wildman–Crippen LogP) is 9.95. The number of allylic oxidation sites excluding steroid dienone is 1. The lowest BCUT2D eigenvalue weighted by atomic mass is 9.99. The molecule has 1 rings (SSSR count). The van der Waals surface area contributed by atoms with Crippen LogP contribution in [0.2, 0.25) is 0 Å². The molecule has 10 heteroatoms. The Morgan fingerprint density at radius 1 is 0.571 bits per heavy atom. The summed E-state index contributed by atoms with van der Waals surface area (Å²) in [6.45, 7) is 4.97. The van der Waals surface area contributed by atoms with Crippen LogP contribution in [0.15, 0.2) is 12.7 Å². The summed E-state index contributed by atoms with van der Waals surface area (Å²) in [6, 6.07) is 0. The number of esters is 2. The molecule has 0 bridgehead atoms. The number of carbonyl (C=O) groups excluding carboxylic acids is 2. The molecular weight excluding hydrogens is 712 g/mol. The van der Waals surface area contributed by atoms with Gasteiger partial charge in [0, 0.05) is 12.8 Å². The molecule has 1 fully saturated rings. The second-order valence-corrected chi connectivity index (χ2v) is 16.3. The molecule has 2 unspecified atom stereocenters. The summed E-state index contributed by atoms with van der Waals surface area (Å²) in [6.07, 6.45) is 31.1. The second kappa shape index (κ2) is 37.7. The van der Waals surface area contributed by atoms with Crippen molar-refractivity contribution in [3.63, 3.8) is 0 Å². The van der Waals surface area contributed by atoms with Crippen LogP contribution in [0, 0.1) is 0 Å². The first-order chi connectivity index (χ1) is 27.3. The summed E-state index contributed by atoms with van der Waals surface area (Å²) >= 11 is 0. The van der Waals surface area contributed by atoms with Crippen LogP contribution in [0.25, 0.3) is 0 Å². The van der Waals surface area contributed by atoms with Gasteiger partial charge in [-0.25, -0.2) is 0 Å². The molecule has 0 aromatic carbocycles. The van der Waals surface area contributed by atoms with Crippen LogP contribution < -0.4 is 0 Å². The molecule has 0 saturated carbocycles. The first kappa shape index (κ1) is 52.5. The van der Waals surface area contributed by atoms with Crippen LogP contribution in [0.3, 0.4) is 0 Å². The molecule has 330 valence electrons. The second-order valence-electron chi connectivity index (χ2n) is 16.3. The number of carbonyl (C=O) groups is 2. The van der Waals surface area contributed by atoms with Gasteiger partial charge in [0.05, 0.1) is 13.2 Å². The molecule has 4 N–H and O–H groups in total. The van der Waals surface area contributed by atoms with Crippen LogP contribution in [-0.2, 0) is 28.5 Å². The first-order valence-corrected chi connectivity index (χ1v) is 23.2. The molecule has 0 aromatic rings. The van der Waals surface area contributed by atoms with Crippen molar-refractivity contribution in [2.45, 2.75) is 249 Å². The van der Waals surface area contributed by atoms with Crippen molar-refractivity contribution in [1.82, 2.24) is 0 Å². The molecule has 10 nitrogen and oxygen atoms in total. The molecule has 1 saturated heterocycles. The number of ether oxygens (including phenoxy) is 4. The van der Waals surface area contributed by atoms with Crippen molar-refractivity contribution in [2.24, 2.45) is 0 Å². The molecule has 1 aliphatic heterocycles. The third-order valence-corrected chi connectivity index (χ3v) is 11.0. The van der Waals surface area contributed by atoms with Crippen molar-refractivity contribution in [1.29, 1.82) is 0 Å². The van der Waals surface area contributed by atoms with Gasteiger partial charge in [-0.1, -0.05) is 180 Å². The summed E-state index contributed by atoms with van der Waals surface area (Å²) in [5.41, 5.74) is 0. The molecule has 0 aliphatic carbocycles. The molecule has 0 aromatic heterocycles. The average Bonchev–Trinajstić information content (AvgIpc) is 3.19. The minimum atomic E-state index is -1.59. The van der Waals surface area contributed by atoms with Crippen LogP contribution in [0.1, 0.15) is 212 Å². The number of aliphatic hydroxyl groups excluding tert-OH is 4. The highest BCUT2D eigenvalue weighted by molar-refractivity contribution is 5.70. The summed E-state index contributed by atoms with van der Waals surface area (Å²) in [5, 5.41) is 40.1. The smallest absolute Gasteiger partial charge is 0.306 e. The molecule has 0 radical (unpaired) electrons. The molecular formula is C46H86O10. The topological polar surface area (TPSA) is 152 Å². The number of hydrogen-bond donors (Lipinski definition) is 4. The Bertz CT molecular complexity index is 914. The normalized spacial score (nSPS) is 20.2. The zero-order chi connectivity index (χ0) is 40.9. The SMILES string of the molecule is C=CCCCCCCCCCCCCCCCC(=O)O[C@@H](COC(=O)CCCCCCCCCCCCCCCCCC)CO[C@H]1O[C@@H](CO)[C@@H](O)C(O)C1O. The highest BCUT2D eigenvalue weighted by atomic mass is 16.7. The highest BCUT2D eigenvalue weighted by Crippen LogP contribution is 2.23. The van der Waals surface area contributed by atoms with Gasteiger partial charge in [-0.3, -0.25) is 9.59 Å². The fourth-order valence-electron chi connectivity index (χ4n) is 7.35. The van der Waals surface area contributed by atoms with E-state index in [4.69, 9.17) is 18.9 Å². The quantitative estimate of drug-likeness (QED) is 0.0268. The molecule has 6 atom stereocenters. The van der Waals surface area contributed by atoms with Crippen LogP contribution in [0.4, 0.5) is 0 Å². The lowest BCUT2D eigenvalue weighted by molar-refractivity contribution is -0.305. The Kier molecular flexibility index (Phi) is 35.3. The van der Waals surface area contributed by atoms with Crippen molar-refractivity contribution < 1.29 is 49.0 Å². The zero-order valence-electron chi connectivity index (χ0n) is 35.7. The van der Waals surface area contributed by atoms with Crippen LogP contribution in [0.5, 0.6) is 0 Å². The predicted molar refractivity (Wildman–Crippen MR) is 224 cm³/mol. The fourth-order valence-corrected chi connectivity index (χ4v) is 7.35. The van der Waals surface area contributed by atoms with E-state index < -0.39 is 49.4 Å². The minimum Gasteiger partial charge on any atom is -0.462 e. The van der Waals surface area contributed by atoms with Gasteiger partial charge in [0.15, 0.2) is 12.4 Å². The lowest BCUT2D eigenvalue weighted by Gasteiger charge is -2.39. The average molecular weight is 799 g/mol. The van der Waals surface area contributed by atoms with Gasteiger partial charge in [0.2, 0.25) is 0 Å². The molecule has 1 aliphatic rings. The molecule has 1 heterocycles. The van der Waals surface area contributed by atoms with E-state index in [9.17, 15) is 30.0 Å². The summed E-state index contributed by atoms with van der Waals surface area (Å²) in [4.78, 5) is 25.3. The molecule has 0 amide bonds. The minimum absolute atomic E-state index is 0.212. The number of unbranched alkanes of at least 4 members (excludes halogenated alkanes) is 28. The number of hydrogen-bond acceptors (Lipinski definition) is 10. The third-order valence-electron chi connectivity index (χ3n) is 11.0. The van der Waals surface area contributed by atoms with Gasteiger partial charge in [0.25, 0.3) is 0 Å². The highest BCUT2D eigenvalue weighted by Gasteiger charge is 2.44. The molecule has 56 heavy (non-hydrogen) atoms. The first-order valence-electron chi connectivity index (χ1n) is 23.2. The van der Waals surface area contributed by atoms with Gasteiger partial charge in [-0.2, -0.15) is 0 Å². The van der Waals surface area contributed by atoms with E-state index in [1.807, 2.05) is 6.08 Å². The largest absolute Gasteiger partial charge is 0.462 e. The zero-order valence-corrected chi connectivity index (χ0v) is 35.7.